The number of aliphatic carboxylic acids is 1. The van der Waals surface area contributed by atoms with Gasteiger partial charge >= 0.3 is 5.97 Å². The van der Waals surface area contributed by atoms with Gasteiger partial charge < -0.3 is 33.7 Å². The van der Waals surface area contributed by atoms with Gasteiger partial charge in [-0.05, 0) is 94.3 Å². The maximum atomic E-state index is 12.4. The molecule has 0 bridgehead atoms. The third-order valence-corrected chi connectivity index (χ3v) is 15.3. The lowest BCUT2D eigenvalue weighted by atomic mass is 9.75. The fourth-order valence-corrected chi connectivity index (χ4v) is 10.7. The van der Waals surface area contributed by atoms with Gasteiger partial charge in [0.2, 0.25) is 5.69 Å². The highest BCUT2D eigenvalue weighted by Crippen LogP contribution is 2.51. The molecule has 25 heteroatoms. The molecule has 2 aliphatic heterocycles. The Kier molecular flexibility index (Phi) is 21.5. The van der Waals surface area contributed by atoms with E-state index in [0.717, 1.165) is 0 Å². The number of anilines is 1. The first-order valence-corrected chi connectivity index (χ1v) is 28.4. The van der Waals surface area contributed by atoms with E-state index in [-0.39, 0.29) is 58.5 Å². The number of fused-ring (bicyclic) bond motifs is 2. The van der Waals surface area contributed by atoms with Crippen molar-refractivity contribution in [2.75, 3.05) is 96.1 Å². The van der Waals surface area contributed by atoms with Crippen molar-refractivity contribution < 1.29 is 90.0 Å². The Morgan fingerprint density at radius 1 is 0.652 bits per heavy atom. The Morgan fingerprint density at radius 3 is 1.68 bits per heavy atom. The third-order valence-electron chi connectivity index (χ3n) is 12.0. The van der Waals surface area contributed by atoms with Gasteiger partial charge in [0.1, 0.15) is 6.54 Å². The van der Waals surface area contributed by atoms with Crippen LogP contribution < -0.4 is 4.90 Å². The number of ether oxygens (including phenoxy) is 5. The molecule has 4 rings (SSSR count). The quantitative estimate of drug-likeness (QED) is 0.0375. The fraction of sp³-hybridized carbons (Fsp3) is 0.591. The molecule has 388 valence electrons. The van der Waals surface area contributed by atoms with E-state index in [0.29, 0.717) is 99.4 Å². The Hall–Kier alpha value is -3.70. The fourth-order valence-electron chi connectivity index (χ4n) is 8.62. The van der Waals surface area contributed by atoms with Crippen LogP contribution in [0.15, 0.2) is 70.1 Å². The van der Waals surface area contributed by atoms with Crippen molar-refractivity contribution in [2.45, 2.75) is 85.8 Å². The molecule has 2 aliphatic rings. The molecule has 0 spiro atoms. The van der Waals surface area contributed by atoms with Gasteiger partial charge in [-0.2, -0.15) is 38.2 Å². The summed E-state index contributed by atoms with van der Waals surface area (Å²) in [4.78, 5) is 12.3. The molecule has 2 aromatic carbocycles. The van der Waals surface area contributed by atoms with E-state index in [2.05, 4.69) is 0 Å². The lowest BCUT2D eigenvalue weighted by molar-refractivity contribution is -0.438. The molecule has 0 saturated carbocycles. The molecule has 2 aromatic rings. The summed E-state index contributed by atoms with van der Waals surface area (Å²) in [5, 5.41) is 9.21. The number of carboxylic acids is 1. The minimum atomic E-state index is -4.70. The third kappa shape index (κ3) is 17.2. The van der Waals surface area contributed by atoms with E-state index < -0.39 is 78.6 Å². The number of methoxy groups -OCH3 is 1. The molecule has 0 radical (unpaired) electrons. The van der Waals surface area contributed by atoms with Crippen molar-refractivity contribution in [1.29, 1.82) is 0 Å². The molecule has 0 aliphatic carbocycles. The minimum Gasteiger partial charge on any atom is -0.481 e. The lowest BCUT2D eigenvalue weighted by Crippen LogP contribution is -2.32. The van der Waals surface area contributed by atoms with Crippen LogP contribution >= 0.6 is 0 Å². The van der Waals surface area contributed by atoms with Crippen molar-refractivity contribution >= 4 is 63.5 Å². The summed E-state index contributed by atoms with van der Waals surface area (Å²) in [6.45, 7) is 7.01. The van der Waals surface area contributed by atoms with Crippen molar-refractivity contribution in [3.05, 3.63) is 71.5 Å². The monoisotopic (exact) mass is 1050 g/mol. The second-order valence-electron chi connectivity index (χ2n) is 17.0. The number of hydrogen-bond donors (Lipinski definition) is 5. The standard InChI is InChI=1S/C44H64N2O19S4/c1-43(17-8-30-66(49,50)51)36-32-34(68(55,56)57)13-15-38(36)45(19-6-4-5-12-42(47)48)40(43)10-7-11-41-44(2,18-9-31-67(52,53)54)37-33-35(69(58,59)60)14-16-39(37)46(41)20-21-62-24-25-64-28-29-65-27-26-63-23-22-61-3/h7,10-11,13-16,32-33H,4-6,8-9,12,17-31H2,1-3H3,(H4-,47,48,49,50,51,52,53,54,55,56,57,58,59,60)/p+1. The summed E-state index contributed by atoms with van der Waals surface area (Å²) in [7, 11) is -16.6. The summed E-state index contributed by atoms with van der Waals surface area (Å²) >= 11 is 0. The predicted octanol–water partition coefficient (Wildman–Crippen LogP) is 4.45. The van der Waals surface area contributed by atoms with Crippen LogP contribution in [0.2, 0.25) is 0 Å². The van der Waals surface area contributed by atoms with E-state index in [1.54, 1.807) is 39.2 Å². The zero-order valence-corrected chi connectivity index (χ0v) is 42.3. The zero-order valence-electron chi connectivity index (χ0n) is 39.0. The SMILES string of the molecule is COCCOCCOCCOCCOCCN1/C(=C/C=C/C2=[N+](CCCCCC(=O)O)c3ccc(S(=O)(=O)O)cc3C2(C)CCCS(=O)(=O)O)C(C)(CCCS(=O)(=O)O)c2cc(S(=O)(=O)O)ccc21. The highest BCUT2D eigenvalue weighted by atomic mass is 32.2. The van der Waals surface area contributed by atoms with Crippen LogP contribution in [0, 0.1) is 0 Å². The topological polar surface area (TPSA) is 307 Å². The highest BCUT2D eigenvalue weighted by Gasteiger charge is 2.48. The predicted molar refractivity (Wildman–Crippen MR) is 254 cm³/mol. The maximum Gasteiger partial charge on any atom is 0.303 e. The Morgan fingerprint density at radius 2 is 1.16 bits per heavy atom. The first-order chi connectivity index (χ1) is 32.3. The van der Waals surface area contributed by atoms with E-state index in [9.17, 15) is 61.8 Å². The minimum absolute atomic E-state index is 0.0549. The number of unbranched alkanes of at least 4 members (excludes halogenated alkanes) is 2. The molecule has 2 unspecified atom stereocenters. The van der Waals surface area contributed by atoms with Crippen LogP contribution in [0.1, 0.15) is 76.3 Å². The van der Waals surface area contributed by atoms with Gasteiger partial charge in [-0.25, -0.2) is 0 Å². The van der Waals surface area contributed by atoms with E-state index in [1.165, 1.54) is 36.4 Å². The van der Waals surface area contributed by atoms with Crippen LogP contribution in [0.5, 0.6) is 0 Å². The van der Waals surface area contributed by atoms with Crippen LogP contribution in [0.4, 0.5) is 11.4 Å². The van der Waals surface area contributed by atoms with Crippen LogP contribution in [-0.2, 0) is 79.8 Å². The molecule has 0 aromatic heterocycles. The highest BCUT2D eigenvalue weighted by molar-refractivity contribution is 7.86. The Labute approximate surface area is 405 Å². The summed E-state index contributed by atoms with van der Waals surface area (Å²) in [5.41, 5.74) is 0.736. The van der Waals surface area contributed by atoms with Crippen molar-refractivity contribution in [3.8, 4) is 0 Å². The molecule has 0 amide bonds. The second-order valence-corrected chi connectivity index (χ2v) is 23.0. The largest absolute Gasteiger partial charge is 0.481 e. The van der Waals surface area contributed by atoms with Gasteiger partial charge in [-0.1, -0.05) is 6.08 Å². The van der Waals surface area contributed by atoms with Gasteiger partial charge in [0.05, 0.1) is 86.2 Å². The molecule has 0 fully saturated rings. The zero-order chi connectivity index (χ0) is 51.1. The van der Waals surface area contributed by atoms with Gasteiger partial charge in [0.15, 0.2) is 5.71 Å². The number of nitrogens with zero attached hydrogens (tertiary/aromatic N) is 2. The van der Waals surface area contributed by atoms with Crippen molar-refractivity contribution in [2.24, 2.45) is 0 Å². The molecule has 2 heterocycles. The average Bonchev–Trinajstić information content (AvgIpc) is 3.61. The lowest BCUT2D eigenvalue weighted by Gasteiger charge is -2.30. The average molecular weight is 1050 g/mol. The summed E-state index contributed by atoms with van der Waals surface area (Å²) in [5.74, 6) is -2.17. The number of hydrogen-bond acceptors (Lipinski definition) is 15. The van der Waals surface area contributed by atoms with Crippen molar-refractivity contribution in [1.82, 2.24) is 0 Å². The van der Waals surface area contributed by atoms with Gasteiger partial charge in [0, 0.05) is 61.0 Å². The first kappa shape index (κ1) is 57.9. The van der Waals surface area contributed by atoms with Crippen LogP contribution in [0.3, 0.4) is 0 Å². The van der Waals surface area contributed by atoms with Crippen molar-refractivity contribution in [3.63, 3.8) is 0 Å². The molecule has 69 heavy (non-hydrogen) atoms. The summed E-state index contributed by atoms with van der Waals surface area (Å²) in [6.07, 6.45) is 6.48. The molecule has 5 N–H and O–H groups in total. The van der Waals surface area contributed by atoms with E-state index in [4.69, 9.17) is 23.7 Å². The number of rotatable bonds is 33. The van der Waals surface area contributed by atoms with E-state index in [1.807, 2.05) is 9.48 Å². The second kappa shape index (κ2) is 25.6. The molecular formula is C44H65N2O19S4+. The first-order valence-electron chi connectivity index (χ1n) is 22.3. The van der Waals surface area contributed by atoms with Gasteiger partial charge in [0.25, 0.3) is 40.5 Å². The van der Waals surface area contributed by atoms with Gasteiger partial charge in [-0.15, -0.1) is 0 Å². The van der Waals surface area contributed by atoms with Crippen LogP contribution in [0.25, 0.3) is 0 Å². The normalized spacial score (nSPS) is 19.3. The summed E-state index contributed by atoms with van der Waals surface area (Å²) < 4.78 is 166. The molecule has 2 atom stereocenters. The number of carbonyl (C=O) groups is 1. The van der Waals surface area contributed by atoms with Gasteiger partial charge in [-0.3, -0.25) is 23.0 Å². The molecule has 21 nitrogen and oxygen atoms in total. The summed E-state index contributed by atoms with van der Waals surface area (Å²) in [6, 6.07) is 8.13. The molecule has 0 saturated heterocycles. The maximum absolute atomic E-state index is 12.4. The van der Waals surface area contributed by atoms with E-state index >= 15 is 0 Å². The number of allylic oxidation sites excluding steroid dienone is 4. The Bertz CT molecular complexity index is 2630. The molecular weight excluding hydrogens is 989 g/mol. The number of benzene rings is 2. The Balaban J connectivity index is 1.76. The number of carboxylic acid groups (broad SMARTS) is 1. The van der Waals surface area contributed by atoms with Crippen LogP contribution in [-0.4, -0.2) is 164 Å². The smallest absolute Gasteiger partial charge is 0.303 e.